The molecule has 0 saturated heterocycles. The summed E-state index contributed by atoms with van der Waals surface area (Å²) in [5.74, 6) is -3.89. The molecule has 334 valence electrons. The largest absolute Gasteiger partial charge is 0.447 e. The molecule has 0 aromatic heterocycles. The van der Waals surface area contributed by atoms with Crippen molar-refractivity contribution in [3.8, 4) is 0 Å². The SMILES string of the molecule is CC(CC(=O)NC(C)NC(=O)CCN1C(=O)C=CC1=O)CC(=O)NC(C)NC(=O)CCN1C(=O)C=CC1=O.CCNC(=O)OCC(COC(=O)NCC)OCCCC(C)=O. The van der Waals surface area contributed by atoms with Gasteiger partial charge in [-0.05, 0) is 47.0 Å². The first-order valence-corrected chi connectivity index (χ1v) is 19.5. The number of ketones is 1. The number of hydrogen-bond acceptors (Lipinski definition) is 14. The van der Waals surface area contributed by atoms with E-state index in [-0.39, 0.29) is 63.7 Å². The lowest BCUT2D eigenvalue weighted by molar-refractivity contribution is -0.139. The zero-order valence-electron chi connectivity index (χ0n) is 34.9. The van der Waals surface area contributed by atoms with Crippen LogP contribution >= 0.6 is 0 Å². The number of imide groups is 2. The Morgan fingerprint density at radius 1 is 0.583 bits per heavy atom. The molecular weight excluding hydrogens is 792 g/mol. The molecule has 10 amide bonds. The topological polar surface area (TPSA) is 294 Å². The van der Waals surface area contributed by atoms with Crippen molar-refractivity contribution in [1.82, 2.24) is 41.7 Å². The second kappa shape index (κ2) is 28.3. The van der Waals surface area contributed by atoms with Crippen LogP contribution in [-0.4, -0.2) is 139 Å². The van der Waals surface area contributed by atoms with Crippen molar-refractivity contribution < 1.29 is 67.0 Å². The number of ether oxygens (including phenoxy) is 3. The maximum atomic E-state index is 12.3. The summed E-state index contributed by atoms with van der Waals surface area (Å²) in [4.78, 5) is 130. The van der Waals surface area contributed by atoms with Crippen LogP contribution in [0.3, 0.4) is 0 Å². The molecule has 2 atom stereocenters. The average Bonchev–Trinajstić information content (AvgIpc) is 3.65. The van der Waals surface area contributed by atoms with Gasteiger partial charge >= 0.3 is 12.2 Å². The second-order valence-electron chi connectivity index (χ2n) is 13.6. The van der Waals surface area contributed by atoms with Crippen LogP contribution in [0.2, 0.25) is 0 Å². The van der Waals surface area contributed by atoms with Crippen molar-refractivity contribution in [1.29, 1.82) is 0 Å². The molecule has 2 aliphatic heterocycles. The Hall–Kier alpha value is -6.19. The third kappa shape index (κ3) is 22.7. The Morgan fingerprint density at radius 3 is 1.30 bits per heavy atom. The highest BCUT2D eigenvalue weighted by molar-refractivity contribution is 6.13. The predicted molar refractivity (Wildman–Crippen MR) is 211 cm³/mol. The Bertz CT molecular complexity index is 1480. The van der Waals surface area contributed by atoms with Crippen molar-refractivity contribution in [2.24, 2.45) is 5.92 Å². The fourth-order valence-corrected chi connectivity index (χ4v) is 5.18. The monoisotopic (exact) mass is 850 g/mol. The average molecular weight is 851 g/mol. The molecule has 0 radical (unpaired) electrons. The first kappa shape index (κ1) is 51.8. The molecular formula is C38H58N8O14. The van der Waals surface area contributed by atoms with Gasteiger partial charge in [0, 0.05) is 89.2 Å². The van der Waals surface area contributed by atoms with Gasteiger partial charge in [-0.3, -0.25) is 48.2 Å². The van der Waals surface area contributed by atoms with Gasteiger partial charge in [0.15, 0.2) is 0 Å². The van der Waals surface area contributed by atoms with E-state index in [0.29, 0.717) is 32.5 Å². The first-order valence-electron chi connectivity index (χ1n) is 19.5. The van der Waals surface area contributed by atoms with Crippen LogP contribution in [0, 0.1) is 5.92 Å². The summed E-state index contributed by atoms with van der Waals surface area (Å²) in [6.07, 6.45) is 2.16. The Kier molecular flexibility index (Phi) is 24.4. The minimum atomic E-state index is -0.712. The van der Waals surface area contributed by atoms with Gasteiger partial charge in [0.25, 0.3) is 23.6 Å². The van der Waals surface area contributed by atoms with E-state index in [1.165, 1.54) is 6.92 Å². The summed E-state index contributed by atoms with van der Waals surface area (Å²) < 4.78 is 15.4. The molecule has 6 N–H and O–H groups in total. The third-order valence-corrected chi connectivity index (χ3v) is 7.97. The fraction of sp³-hybridized carbons (Fsp3) is 0.605. The van der Waals surface area contributed by atoms with E-state index in [4.69, 9.17) is 14.2 Å². The van der Waals surface area contributed by atoms with Crippen LogP contribution in [-0.2, 0) is 57.4 Å². The molecule has 0 aliphatic carbocycles. The van der Waals surface area contributed by atoms with E-state index in [9.17, 15) is 52.7 Å². The molecule has 22 nitrogen and oxygen atoms in total. The number of carbonyl (C=O) groups is 11. The summed E-state index contributed by atoms with van der Waals surface area (Å²) in [5.41, 5.74) is 0. The number of Topliss-reactive ketones (excluding diaryl/α,β-unsaturated/α-hetero) is 1. The molecule has 2 rings (SSSR count). The van der Waals surface area contributed by atoms with Crippen LogP contribution in [0.15, 0.2) is 24.3 Å². The number of amides is 10. The van der Waals surface area contributed by atoms with Gasteiger partial charge < -0.3 is 50.9 Å². The number of alkyl carbamates (subject to hydrolysis) is 2. The molecule has 0 saturated carbocycles. The molecule has 2 aliphatic rings. The summed E-state index contributed by atoms with van der Waals surface area (Å²) >= 11 is 0. The summed E-state index contributed by atoms with van der Waals surface area (Å²) in [7, 11) is 0. The molecule has 60 heavy (non-hydrogen) atoms. The summed E-state index contributed by atoms with van der Waals surface area (Å²) in [6, 6.07) is 0. The minimum Gasteiger partial charge on any atom is -0.447 e. The third-order valence-electron chi connectivity index (χ3n) is 7.97. The van der Waals surface area contributed by atoms with Crippen molar-refractivity contribution in [2.45, 2.75) is 98.5 Å². The zero-order valence-corrected chi connectivity index (χ0v) is 34.9. The quantitative estimate of drug-likeness (QED) is 0.0381. The van der Waals surface area contributed by atoms with E-state index in [0.717, 1.165) is 34.1 Å². The maximum absolute atomic E-state index is 12.3. The normalized spacial score (nSPS) is 14.4. The molecule has 0 aromatic rings. The molecule has 0 fully saturated rings. The molecule has 0 aromatic carbocycles. The highest BCUT2D eigenvalue weighted by Gasteiger charge is 2.25. The Labute approximate surface area is 348 Å². The highest BCUT2D eigenvalue weighted by atomic mass is 16.6. The number of nitrogens with one attached hydrogen (secondary N) is 6. The van der Waals surface area contributed by atoms with Gasteiger partial charge in [0.2, 0.25) is 23.6 Å². The van der Waals surface area contributed by atoms with E-state index in [1.54, 1.807) is 34.6 Å². The van der Waals surface area contributed by atoms with E-state index in [2.05, 4.69) is 31.9 Å². The van der Waals surface area contributed by atoms with Crippen molar-refractivity contribution in [3.63, 3.8) is 0 Å². The smallest absolute Gasteiger partial charge is 0.407 e. The second-order valence-corrected chi connectivity index (χ2v) is 13.6. The van der Waals surface area contributed by atoms with Crippen molar-refractivity contribution >= 4 is 65.2 Å². The zero-order chi connectivity index (χ0) is 45.2. The highest BCUT2D eigenvalue weighted by Crippen LogP contribution is 2.09. The van der Waals surface area contributed by atoms with E-state index in [1.807, 2.05) is 0 Å². The lowest BCUT2D eigenvalue weighted by Crippen LogP contribution is -2.48. The minimum absolute atomic E-state index is 0.00273. The number of hydrogen-bond donors (Lipinski definition) is 6. The molecule has 2 heterocycles. The van der Waals surface area contributed by atoms with Crippen molar-refractivity contribution in [3.05, 3.63) is 24.3 Å². The number of nitrogens with zero attached hydrogens (tertiary/aromatic N) is 2. The summed E-state index contributed by atoms with van der Waals surface area (Å²) in [5, 5.41) is 15.3. The lowest BCUT2D eigenvalue weighted by Gasteiger charge is -2.20. The number of carbonyl (C=O) groups excluding carboxylic acids is 11. The lowest BCUT2D eigenvalue weighted by atomic mass is 10.0. The van der Waals surface area contributed by atoms with Gasteiger partial charge in [-0.2, -0.15) is 0 Å². The van der Waals surface area contributed by atoms with Crippen LogP contribution in [0.5, 0.6) is 0 Å². The Balaban J connectivity index is 0.000000698. The van der Waals surface area contributed by atoms with Crippen LogP contribution in [0.4, 0.5) is 9.59 Å². The standard InChI is InChI=1S/C24H32N6O8.C14H26N2O6/c1-14(12-19(33)27-15(2)25-17(31)8-10-29-21(35)4-5-22(29)36)13-20(34)28-16(3)26-18(32)9-11-30-23(37)6-7-24(30)38;1-4-15-13(18)21-9-12(10-22-14(19)16-5-2)20-8-6-7-11(3)17/h4-7,14-16H,8-13H2,1-3H3,(H,25,31)(H,26,32)(H,27,33)(H,28,34);12H,4-10H2,1-3H3,(H,15,18)(H,16,19). The molecule has 0 spiro atoms. The summed E-state index contributed by atoms with van der Waals surface area (Å²) in [6.45, 7) is 10.9. The predicted octanol–water partition coefficient (Wildman–Crippen LogP) is -0.577. The molecule has 2 unspecified atom stereocenters. The Morgan fingerprint density at radius 2 is 0.950 bits per heavy atom. The first-order chi connectivity index (χ1) is 28.3. The van der Waals surface area contributed by atoms with Crippen LogP contribution < -0.4 is 31.9 Å². The van der Waals surface area contributed by atoms with Gasteiger partial charge in [0.1, 0.15) is 25.1 Å². The number of rotatable bonds is 25. The fourth-order valence-electron chi connectivity index (χ4n) is 5.18. The van der Waals surface area contributed by atoms with Gasteiger partial charge in [0.05, 0.1) is 12.3 Å². The maximum Gasteiger partial charge on any atom is 0.407 e. The van der Waals surface area contributed by atoms with E-state index < -0.39 is 77.9 Å². The van der Waals surface area contributed by atoms with Crippen LogP contribution in [0.25, 0.3) is 0 Å². The molecule has 22 heteroatoms. The van der Waals surface area contributed by atoms with Gasteiger partial charge in [-0.15, -0.1) is 0 Å². The molecule has 0 bridgehead atoms. The van der Waals surface area contributed by atoms with Crippen LogP contribution in [0.1, 0.15) is 80.1 Å². The van der Waals surface area contributed by atoms with E-state index >= 15 is 0 Å². The van der Waals surface area contributed by atoms with Gasteiger partial charge in [-0.1, -0.05) is 6.92 Å². The van der Waals surface area contributed by atoms with Crippen molar-refractivity contribution in [2.75, 3.05) is 46.0 Å². The van der Waals surface area contributed by atoms with Gasteiger partial charge in [-0.25, -0.2) is 9.59 Å².